The van der Waals surface area contributed by atoms with E-state index >= 15 is 0 Å². The van der Waals surface area contributed by atoms with Crippen LogP contribution < -0.4 is 9.80 Å². The molecule has 222 valence electrons. The highest BCUT2D eigenvalue weighted by molar-refractivity contribution is 6.17. The number of furan rings is 1. The molecule has 3 nitrogen and oxygen atoms in total. The fourth-order valence-corrected chi connectivity index (χ4v) is 6.80. The molecule has 1 heterocycles. The molecule has 0 aliphatic rings. The fraction of sp³-hybridized carbons (Fsp3) is 0. The lowest BCUT2D eigenvalue weighted by Crippen LogP contribution is -2.13. The minimum Gasteiger partial charge on any atom is -0.456 e. The SMILES string of the molecule is c1ccc(N(c2ccccc2)c2cccc(N(c3ccccc3)c3ccc4ccc5cc6oc7ccccc7c6cc5c4c3)c2)cc1. The zero-order valence-electron chi connectivity index (χ0n) is 25.6. The first-order chi connectivity index (χ1) is 23.3. The van der Waals surface area contributed by atoms with Crippen molar-refractivity contribution in [3.8, 4) is 0 Å². The molecule has 0 fully saturated rings. The Morgan fingerprint density at radius 2 is 0.766 bits per heavy atom. The molecular formula is C44H30N2O. The van der Waals surface area contributed by atoms with Crippen LogP contribution >= 0.6 is 0 Å². The van der Waals surface area contributed by atoms with E-state index in [1.165, 1.54) is 16.2 Å². The van der Waals surface area contributed by atoms with Crippen LogP contribution in [0, 0.1) is 0 Å². The van der Waals surface area contributed by atoms with Crippen LogP contribution in [0.4, 0.5) is 34.1 Å². The van der Waals surface area contributed by atoms with E-state index in [0.29, 0.717) is 0 Å². The normalized spacial score (nSPS) is 11.4. The van der Waals surface area contributed by atoms with Crippen LogP contribution in [0.2, 0.25) is 0 Å². The Morgan fingerprint density at radius 3 is 1.43 bits per heavy atom. The molecule has 0 spiro atoms. The Hall–Kier alpha value is -6.32. The topological polar surface area (TPSA) is 19.6 Å². The summed E-state index contributed by atoms with van der Waals surface area (Å²) in [6.45, 7) is 0. The number of fused-ring (bicyclic) bond motifs is 6. The number of rotatable bonds is 6. The summed E-state index contributed by atoms with van der Waals surface area (Å²) < 4.78 is 6.23. The van der Waals surface area contributed by atoms with Crippen molar-refractivity contribution >= 4 is 77.6 Å². The molecule has 0 aliphatic heterocycles. The van der Waals surface area contributed by atoms with Crippen molar-refractivity contribution in [2.24, 2.45) is 0 Å². The lowest BCUT2D eigenvalue weighted by molar-refractivity contribution is 0.669. The number of hydrogen-bond donors (Lipinski definition) is 0. The minimum atomic E-state index is 0.915. The Labute approximate surface area is 273 Å². The van der Waals surface area contributed by atoms with E-state index in [-0.39, 0.29) is 0 Å². The summed E-state index contributed by atoms with van der Waals surface area (Å²) in [6.07, 6.45) is 0. The second-order valence-corrected chi connectivity index (χ2v) is 11.8. The van der Waals surface area contributed by atoms with Crippen molar-refractivity contribution in [2.75, 3.05) is 9.80 Å². The van der Waals surface area contributed by atoms with Crippen LogP contribution in [0.5, 0.6) is 0 Å². The second kappa shape index (κ2) is 11.2. The molecule has 9 aromatic rings. The summed E-state index contributed by atoms with van der Waals surface area (Å²) in [4.78, 5) is 4.66. The van der Waals surface area contributed by atoms with Crippen molar-refractivity contribution in [3.05, 3.63) is 182 Å². The van der Waals surface area contributed by atoms with Gasteiger partial charge >= 0.3 is 0 Å². The van der Waals surface area contributed by atoms with E-state index in [1.54, 1.807) is 0 Å². The highest BCUT2D eigenvalue weighted by Crippen LogP contribution is 2.42. The molecule has 47 heavy (non-hydrogen) atoms. The lowest BCUT2D eigenvalue weighted by atomic mass is 9.99. The summed E-state index contributed by atoms with van der Waals surface area (Å²) in [5.41, 5.74) is 8.40. The van der Waals surface area contributed by atoms with E-state index in [1.807, 2.05) is 12.1 Å². The smallest absolute Gasteiger partial charge is 0.136 e. The van der Waals surface area contributed by atoms with Gasteiger partial charge in [0, 0.05) is 44.9 Å². The van der Waals surface area contributed by atoms with Crippen LogP contribution in [-0.2, 0) is 0 Å². The number of para-hydroxylation sites is 4. The van der Waals surface area contributed by atoms with Gasteiger partial charge < -0.3 is 14.2 Å². The van der Waals surface area contributed by atoms with Crippen molar-refractivity contribution < 1.29 is 4.42 Å². The van der Waals surface area contributed by atoms with Crippen LogP contribution in [-0.4, -0.2) is 0 Å². The van der Waals surface area contributed by atoms with Gasteiger partial charge in [0.2, 0.25) is 0 Å². The number of hydrogen-bond acceptors (Lipinski definition) is 3. The van der Waals surface area contributed by atoms with Gasteiger partial charge in [0.15, 0.2) is 0 Å². The van der Waals surface area contributed by atoms with Gasteiger partial charge in [-0.15, -0.1) is 0 Å². The van der Waals surface area contributed by atoms with Gasteiger partial charge in [-0.05, 0) is 106 Å². The lowest BCUT2D eigenvalue weighted by Gasteiger charge is -2.29. The molecule has 0 amide bonds. The van der Waals surface area contributed by atoms with Gasteiger partial charge in [-0.3, -0.25) is 0 Å². The van der Waals surface area contributed by atoms with Gasteiger partial charge in [0.25, 0.3) is 0 Å². The summed E-state index contributed by atoms with van der Waals surface area (Å²) >= 11 is 0. The van der Waals surface area contributed by atoms with E-state index in [0.717, 1.165) is 61.4 Å². The summed E-state index contributed by atoms with van der Waals surface area (Å²) in [5, 5.41) is 7.07. The van der Waals surface area contributed by atoms with E-state index in [2.05, 4.69) is 180 Å². The van der Waals surface area contributed by atoms with Gasteiger partial charge in [0.1, 0.15) is 11.2 Å². The third-order valence-electron chi connectivity index (χ3n) is 8.97. The van der Waals surface area contributed by atoms with E-state index in [4.69, 9.17) is 4.42 Å². The van der Waals surface area contributed by atoms with Gasteiger partial charge in [-0.25, -0.2) is 0 Å². The highest BCUT2D eigenvalue weighted by atomic mass is 16.3. The first-order valence-electron chi connectivity index (χ1n) is 15.9. The van der Waals surface area contributed by atoms with Crippen molar-refractivity contribution in [3.63, 3.8) is 0 Å². The predicted molar refractivity (Wildman–Crippen MR) is 198 cm³/mol. The molecule has 9 rings (SSSR count). The number of benzene rings is 8. The molecule has 8 aromatic carbocycles. The molecular weight excluding hydrogens is 572 g/mol. The third-order valence-corrected chi connectivity index (χ3v) is 8.97. The molecule has 0 aliphatic carbocycles. The predicted octanol–water partition coefficient (Wildman–Crippen LogP) is 12.8. The van der Waals surface area contributed by atoms with Crippen LogP contribution in [0.3, 0.4) is 0 Å². The fourth-order valence-electron chi connectivity index (χ4n) is 6.80. The molecule has 0 radical (unpaired) electrons. The molecule has 0 N–H and O–H groups in total. The number of anilines is 6. The zero-order chi connectivity index (χ0) is 31.2. The Bertz CT molecular complexity index is 2480. The first kappa shape index (κ1) is 27.0. The van der Waals surface area contributed by atoms with E-state index in [9.17, 15) is 0 Å². The first-order valence-corrected chi connectivity index (χ1v) is 15.9. The maximum Gasteiger partial charge on any atom is 0.136 e. The monoisotopic (exact) mass is 602 g/mol. The van der Waals surface area contributed by atoms with Crippen LogP contribution in [0.25, 0.3) is 43.5 Å². The van der Waals surface area contributed by atoms with Crippen molar-refractivity contribution in [1.29, 1.82) is 0 Å². The highest BCUT2D eigenvalue weighted by Gasteiger charge is 2.18. The molecule has 0 saturated heterocycles. The molecule has 0 unspecified atom stereocenters. The second-order valence-electron chi connectivity index (χ2n) is 11.8. The van der Waals surface area contributed by atoms with Crippen molar-refractivity contribution in [1.82, 2.24) is 0 Å². The standard InChI is InChI=1S/C44H30N2O/c1-4-13-33(14-5-1)45(34-15-6-2-7-16-34)36-19-12-20-37(28-36)46(35-17-8-3-9-18-35)38-26-25-31-23-24-32-27-44-42(30-41(32)40(31)29-38)39-21-10-11-22-43(39)47-44/h1-30H. The Kier molecular flexibility index (Phi) is 6.46. The summed E-state index contributed by atoms with van der Waals surface area (Å²) in [5.74, 6) is 0. The molecule has 3 heteroatoms. The zero-order valence-corrected chi connectivity index (χ0v) is 25.6. The Balaban J connectivity index is 1.24. The number of nitrogens with zero attached hydrogens (tertiary/aromatic N) is 2. The average Bonchev–Trinajstić information content (AvgIpc) is 3.50. The van der Waals surface area contributed by atoms with Gasteiger partial charge in [-0.2, -0.15) is 0 Å². The molecule has 1 aromatic heterocycles. The van der Waals surface area contributed by atoms with Gasteiger partial charge in [-0.1, -0.05) is 97.1 Å². The average molecular weight is 603 g/mol. The maximum atomic E-state index is 6.23. The quantitative estimate of drug-likeness (QED) is 0.177. The summed E-state index contributed by atoms with van der Waals surface area (Å²) in [7, 11) is 0. The molecule has 0 saturated carbocycles. The largest absolute Gasteiger partial charge is 0.456 e. The summed E-state index contributed by atoms with van der Waals surface area (Å²) in [6, 6.07) is 64.5. The van der Waals surface area contributed by atoms with Crippen LogP contribution in [0.15, 0.2) is 186 Å². The Morgan fingerprint density at radius 1 is 0.277 bits per heavy atom. The maximum absolute atomic E-state index is 6.23. The van der Waals surface area contributed by atoms with Crippen LogP contribution in [0.1, 0.15) is 0 Å². The third kappa shape index (κ3) is 4.77. The molecule has 0 atom stereocenters. The van der Waals surface area contributed by atoms with E-state index < -0.39 is 0 Å². The molecule has 0 bridgehead atoms. The van der Waals surface area contributed by atoms with Crippen molar-refractivity contribution in [2.45, 2.75) is 0 Å². The minimum absolute atomic E-state index is 0.915. The van der Waals surface area contributed by atoms with Gasteiger partial charge in [0.05, 0.1) is 0 Å².